The van der Waals surface area contributed by atoms with Crippen LogP contribution in [-0.4, -0.2) is 7.05 Å². The van der Waals surface area contributed by atoms with Crippen LogP contribution in [0, 0.1) is 5.82 Å². The zero-order valence-electron chi connectivity index (χ0n) is 10.6. The van der Waals surface area contributed by atoms with E-state index >= 15 is 0 Å². The van der Waals surface area contributed by atoms with Crippen LogP contribution >= 0.6 is 11.6 Å². The van der Waals surface area contributed by atoms with Gasteiger partial charge in [0.05, 0.1) is 5.02 Å². The van der Waals surface area contributed by atoms with E-state index in [1.807, 2.05) is 31.3 Å². The lowest BCUT2D eigenvalue weighted by atomic mass is 10.2. The van der Waals surface area contributed by atoms with Crippen molar-refractivity contribution < 1.29 is 9.13 Å². The van der Waals surface area contributed by atoms with Gasteiger partial charge in [0, 0.05) is 17.7 Å². The first-order valence-electron chi connectivity index (χ1n) is 6.00. The van der Waals surface area contributed by atoms with Gasteiger partial charge in [0.1, 0.15) is 18.2 Å². The maximum absolute atomic E-state index is 12.9. The van der Waals surface area contributed by atoms with E-state index < -0.39 is 0 Å². The number of ether oxygens (including phenoxy) is 1. The van der Waals surface area contributed by atoms with E-state index in [0.29, 0.717) is 11.6 Å². The lowest BCUT2D eigenvalue weighted by Gasteiger charge is -2.12. The molecule has 1 N–H and O–H groups in total. The number of benzene rings is 2. The molecule has 0 spiro atoms. The Morgan fingerprint density at radius 3 is 2.68 bits per heavy atom. The Kier molecular flexibility index (Phi) is 4.77. The second-order valence-corrected chi connectivity index (χ2v) is 4.57. The zero-order chi connectivity index (χ0) is 13.7. The van der Waals surface area contributed by atoms with Gasteiger partial charge in [-0.25, -0.2) is 4.39 Å². The SMILES string of the molecule is CNCc1ccccc1OCc1ccc(F)cc1Cl. The molecule has 0 aliphatic carbocycles. The second kappa shape index (κ2) is 6.55. The summed E-state index contributed by atoms with van der Waals surface area (Å²) in [5.74, 6) is 0.460. The van der Waals surface area contributed by atoms with Crippen LogP contribution < -0.4 is 10.1 Å². The van der Waals surface area contributed by atoms with E-state index in [2.05, 4.69) is 5.32 Å². The molecular formula is C15H15ClFNO. The van der Waals surface area contributed by atoms with Crippen LogP contribution in [0.25, 0.3) is 0 Å². The fraction of sp³-hybridized carbons (Fsp3) is 0.200. The highest BCUT2D eigenvalue weighted by Gasteiger charge is 2.05. The van der Waals surface area contributed by atoms with Crippen LogP contribution in [0.3, 0.4) is 0 Å². The first kappa shape index (κ1) is 13.8. The quantitative estimate of drug-likeness (QED) is 0.899. The molecule has 0 saturated carbocycles. The Morgan fingerprint density at radius 1 is 1.16 bits per heavy atom. The first-order valence-corrected chi connectivity index (χ1v) is 6.37. The molecule has 0 aliphatic rings. The van der Waals surface area contributed by atoms with Crippen molar-refractivity contribution in [1.82, 2.24) is 5.32 Å². The molecule has 0 bridgehead atoms. The highest BCUT2D eigenvalue weighted by Crippen LogP contribution is 2.22. The van der Waals surface area contributed by atoms with Crippen LogP contribution in [0.1, 0.15) is 11.1 Å². The van der Waals surface area contributed by atoms with E-state index in [1.54, 1.807) is 6.07 Å². The van der Waals surface area contributed by atoms with Gasteiger partial charge in [0.25, 0.3) is 0 Å². The van der Waals surface area contributed by atoms with Crippen LogP contribution in [-0.2, 0) is 13.2 Å². The Labute approximate surface area is 117 Å². The van der Waals surface area contributed by atoms with Gasteiger partial charge in [-0.3, -0.25) is 0 Å². The van der Waals surface area contributed by atoms with Crippen molar-refractivity contribution >= 4 is 11.6 Å². The molecule has 2 aromatic rings. The summed E-state index contributed by atoms with van der Waals surface area (Å²) in [6.45, 7) is 1.05. The summed E-state index contributed by atoms with van der Waals surface area (Å²) in [5.41, 5.74) is 1.84. The van der Waals surface area contributed by atoms with Crippen molar-refractivity contribution in [3.8, 4) is 5.75 Å². The normalized spacial score (nSPS) is 10.5. The Bertz CT molecular complexity index is 560. The summed E-state index contributed by atoms with van der Waals surface area (Å²) in [5, 5.41) is 3.47. The Morgan fingerprint density at radius 2 is 1.95 bits per heavy atom. The van der Waals surface area contributed by atoms with Crippen LogP contribution in [0.15, 0.2) is 42.5 Å². The molecule has 100 valence electrons. The fourth-order valence-electron chi connectivity index (χ4n) is 1.78. The van der Waals surface area contributed by atoms with E-state index in [4.69, 9.17) is 16.3 Å². The van der Waals surface area contributed by atoms with Gasteiger partial charge in [-0.15, -0.1) is 0 Å². The van der Waals surface area contributed by atoms with Gasteiger partial charge in [-0.1, -0.05) is 35.9 Å². The Hall–Kier alpha value is -1.58. The number of halogens is 2. The number of hydrogen-bond donors (Lipinski definition) is 1. The molecule has 0 saturated heterocycles. The molecule has 2 rings (SSSR count). The van der Waals surface area contributed by atoms with E-state index in [-0.39, 0.29) is 5.82 Å². The largest absolute Gasteiger partial charge is 0.489 e. The highest BCUT2D eigenvalue weighted by molar-refractivity contribution is 6.31. The Balaban J connectivity index is 2.10. The topological polar surface area (TPSA) is 21.3 Å². The van der Waals surface area contributed by atoms with Gasteiger partial charge in [0.15, 0.2) is 0 Å². The third-order valence-corrected chi connectivity index (χ3v) is 3.09. The molecule has 0 atom stereocenters. The molecule has 0 aromatic heterocycles. The summed E-state index contributed by atoms with van der Waals surface area (Å²) in [6.07, 6.45) is 0. The monoisotopic (exact) mass is 279 g/mol. The van der Waals surface area contributed by atoms with Crippen molar-refractivity contribution in [2.75, 3.05) is 7.05 Å². The predicted octanol–water partition coefficient (Wildman–Crippen LogP) is 3.78. The zero-order valence-corrected chi connectivity index (χ0v) is 11.4. The lowest BCUT2D eigenvalue weighted by molar-refractivity contribution is 0.302. The van der Waals surface area contributed by atoms with Crippen LogP contribution in [0.5, 0.6) is 5.75 Å². The van der Waals surface area contributed by atoms with Crippen molar-refractivity contribution in [1.29, 1.82) is 0 Å². The lowest BCUT2D eigenvalue weighted by Crippen LogP contribution is -2.07. The fourth-order valence-corrected chi connectivity index (χ4v) is 2.00. The molecule has 0 fully saturated rings. The van der Waals surface area contributed by atoms with E-state index in [1.165, 1.54) is 12.1 Å². The average Bonchev–Trinajstić information content (AvgIpc) is 2.40. The molecule has 2 aromatic carbocycles. The summed E-state index contributed by atoms with van der Waals surface area (Å²) >= 11 is 5.96. The molecule has 0 unspecified atom stereocenters. The van der Waals surface area contributed by atoms with Crippen molar-refractivity contribution in [2.24, 2.45) is 0 Å². The van der Waals surface area contributed by atoms with E-state index in [9.17, 15) is 4.39 Å². The second-order valence-electron chi connectivity index (χ2n) is 4.16. The van der Waals surface area contributed by atoms with E-state index in [0.717, 1.165) is 23.4 Å². The molecule has 2 nitrogen and oxygen atoms in total. The molecule has 19 heavy (non-hydrogen) atoms. The minimum Gasteiger partial charge on any atom is -0.489 e. The molecule has 0 heterocycles. The van der Waals surface area contributed by atoms with Crippen LogP contribution in [0.2, 0.25) is 5.02 Å². The van der Waals surface area contributed by atoms with Crippen molar-refractivity contribution in [3.63, 3.8) is 0 Å². The molecule has 0 radical (unpaired) electrons. The third kappa shape index (κ3) is 3.69. The standard InChI is InChI=1S/C15H15ClFNO/c1-18-9-11-4-2-3-5-15(11)19-10-12-6-7-13(17)8-14(12)16/h2-8,18H,9-10H2,1H3. The minimum absolute atomic E-state index is 0.319. The average molecular weight is 280 g/mol. The number of hydrogen-bond acceptors (Lipinski definition) is 2. The van der Waals surface area contributed by atoms with Gasteiger partial charge in [0.2, 0.25) is 0 Å². The number of rotatable bonds is 5. The molecule has 0 amide bonds. The summed E-state index contributed by atoms with van der Waals surface area (Å²) in [7, 11) is 1.88. The molecule has 0 aliphatic heterocycles. The maximum Gasteiger partial charge on any atom is 0.124 e. The molecular weight excluding hydrogens is 265 g/mol. The summed E-state index contributed by atoms with van der Waals surface area (Å²) in [4.78, 5) is 0. The molecule has 4 heteroatoms. The number of para-hydroxylation sites is 1. The van der Waals surface area contributed by atoms with Crippen LogP contribution in [0.4, 0.5) is 4.39 Å². The summed E-state index contributed by atoms with van der Waals surface area (Å²) in [6, 6.07) is 12.1. The van der Waals surface area contributed by atoms with Gasteiger partial charge in [-0.2, -0.15) is 0 Å². The number of nitrogens with one attached hydrogen (secondary N) is 1. The predicted molar refractivity (Wildman–Crippen MR) is 74.9 cm³/mol. The first-order chi connectivity index (χ1) is 9.20. The maximum atomic E-state index is 12.9. The highest BCUT2D eigenvalue weighted by atomic mass is 35.5. The van der Waals surface area contributed by atoms with Gasteiger partial charge in [-0.05, 0) is 25.2 Å². The minimum atomic E-state index is -0.343. The van der Waals surface area contributed by atoms with Gasteiger partial charge >= 0.3 is 0 Å². The summed E-state index contributed by atoms with van der Waals surface area (Å²) < 4.78 is 18.7. The smallest absolute Gasteiger partial charge is 0.124 e. The third-order valence-electron chi connectivity index (χ3n) is 2.74. The van der Waals surface area contributed by atoms with Crippen molar-refractivity contribution in [2.45, 2.75) is 13.2 Å². The van der Waals surface area contributed by atoms with Crippen molar-refractivity contribution in [3.05, 3.63) is 64.4 Å². The van der Waals surface area contributed by atoms with Gasteiger partial charge < -0.3 is 10.1 Å².